The topological polar surface area (TPSA) is 80.3 Å². The Morgan fingerprint density at radius 3 is 2.81 bits per heavy atom. The maximum absolute atomic E-state index is 12.4. The Kier molecular flexibility index (Phi) is 7.63. The first-order valence-corrected chi connectivity index (χ1v) is 10.2. The van der Waals surface area contributed by atoms with E-state index < -0.39 is 0 Å². The van der Waals surface area contributed by atoms with Crippen molar-refractivity contribution in [1.29, 1.82) is 0 Å². The molecule has 6 nitrogen and oxygen atoms in total. The van der Waals surface area contributed by atoms with E-state index in [4.69, 9.17) is 4.74 Å². The van der Waals surface area contributed by atoms with E-state index >= 15 is 0 Å². The minimum atomic E-state index is 0.0900. The van der Waals surface area contributed by atoms with Gasteiger partial charge in [-0.2, -0.15) is 0 Å². The fourth-order valence-electron chi connectivity index (χ4n) is 4.04. The van der Waals surface area contributed by atoms with Crippen molar-refractivity contribution in [2.75, 3.05) is 19.8 Å². The molecule has 0 radical (unpaired) electrons. The Balaban J connectivity index is 1.35. The number of pyridine rings is 1. The van der Waals surface area contributed by atoms with Crippen LogP contribution in [0.15, 0.2) is 24.5 Å². The van der Waals surface area contributed by atoms with Gasteiger partial charge in [-0.1, -0.05) is 12.5 Å². The SMILES string of the molecule is O=C(CCc1cccnc1)NC[C@@H]1CCC[C@H](NC(=O)C2CCOCC2)C1. The second kappa shape index (κ2) is 10.4. The normalized spacial score (nSPS) is 23.6. The molecule has 1 aliphatic carbocycles. The monoisotopic (exact) mass is 373 g/mol. The highest BCUT2D eigenvalue weighted by atomic mass is 16.5. The summed E-state index contributed by atoms with van der Waals surface area (Å²) in [6.07, 6.45) is 10.6. The maximum Gasteiger partial charge on any atom is 0.223 e. The van der Waals surface area contributed by atoms with Gasteiger partial charge in [0.15, 0.2) is 0 Å². The van der Waals surface area contributed by atoms with E-state index in [0.717, 1.165) is 44.1 Å². The van der Waals surface area contributed by atoms with Gasteiger partial charge in [-0.05, 0) is 56.1 Å². The molecule has 27 heavy (non-hydrogen) atoms. The van der Waals surface area contributed by atoms with Crippen molar-refractivity contribution in [3.63, 3.8) is 0 Å². The van der Waals surface area contributed by atoms with Gasteiger partial charge in [0.1, 0.15) is 0 Å². The van der Waals surface area contributed by atoms with Crippen LogP contribution in [0.1, 0.15) is 50.5 Å². The minimum Gasteiger partial charge on any atom is -0.381 e. The third-order valence-corrected chi connectivity index (χ3v) is 5.67. The molecule has 148 valence electrons. The lowest BCUT2D eigenvalue weighted by Crippen LogP contribution is -2.44. The number of amides is 2. The highest BCUT2D eigenvalue weighted by Gasteiger charge is 2.27. The van der Waals surface area contributed by atoms with Gasteiger partial charge in [0, 0.05) is 50.5 Å². The second-order valence-corrected chi connectivity index (χ2v) is 7.79. The highest BCUT2D eigenvalue weighted by molar-refractivity contribution is 5.79. The van der Waals surface area contributed by atoms with E-state index in [1.165, 1.54) is 0 Å². The fourth-order valence-corrected chi connectivity index (χ4v) is 4.04. The van der Waals surface area contributed by atoms with Crippen LogP contribution in [0, 0.1) is 11.8 Å². The zero-order valence-electron chi connectivity index (χ0n) is 16.0. The number of ether oxygens (including phenoxy) is 1. The first-order valence-electron chi connectivity index (χ1n) is 10.2. The Labute approximate surface area is 161 Å². The maximum atomic E-state index is 12.4. The summed E-state index contributed by atoms with van der Waals surface area (Å²) in [5, 5.41) is 6.31. The van der Waals surface area contributed by atoms with Gasteiger partial charge in [0.2, 0.25) is 11.8 Å². The van der Waals surface area contributed by atoms with Gasteiger partial charge in [-0.15, -0.1) is 0 Å². The van der Waals surface area contributed by atoms with E-state index in [1.807, 2.05) is 12.1 Å². The molecule has 0 unspecified atom stereocenters. The van der Waals surface area contributed by atoms with E-state index in [9.17, 15) is 9.59 Å². The van der Waals surface area contributed by atoms with Crippen LogP contribution in [0.5, 0.6) is 0 Å². The molecule has 1 aliphatic heterocycles. The van der Waals surface area contributed by atoms with Crippen molar-refractivity contribution < 1.29 is 14.3 Å². The molecule has 2 heterocycles. The molecular formula is C21H31N3O3. The number of nitrogens with one attached hydrogen (secondary N) is 2. The summed E-state index contributed by atoms with van der Waals surface area (Å²) >= 11 is 0. The van der Waals surface area contributed by atoms with Crippen molar-refractivity contribution in [3.05, 3.63) is 30.1 Å². The summed E-state index contributed by atoms with van der Waals surface area (Å²) in [5.74, 6) is 0.823. The van der Waals surface area contributed by atoms with Crippen molar-refractivity contribution in [3.8, 4) is 0 Å². The van der Waals surface area contributed by atoms with E-state index in [-0.39, 0.29) is 23.8 Å². The average Bonchev–Trinajstić information content (AvgIpc) is 2.72. The van der Waals surface area contributed by atoms with Crippen LogP contribution in [-0.4, -0.2) is 42.6 Å². The number of hydrogen-bond acceptors (Lipinski definition) is 4. The summed E-state index contributed by atoms with van der Waals surface area (Å²) in [5.41, 5.74) is 1.08. The number of aromatic nitrogens is 1. The summed E-state index contributed by atoms with van der Waals surface area (Å²) in [6.45, 7) is 2.09. The van der Waals surface area contributed by atoms with Crippen molar-refractivity contribution in [2.45, 2.75) is 57.4 Å². The lowest BCUT2D eigenvalue weighted by atomic mass is 9.85. The van der Waals surface area contributed by atoms with Gasteiger partial charge in [0.25, 0.3) is 0 Å². The van der Waals surface area contributed by atoms with Gasteiger partial charge >= 0.3 is 0 Å². The number of nitrogens with zero attached hydrogens (tertiary/aromatic N) is 1. The lowest BCUT2D eigenvalue weighted by Gasteiger charge is -2.31. The summed E-state index contributed by atoms with van der Waals surface area (Å²) in [6, 6.07) is 4.13. The molecule has 2 fully saturated rings. The average molecular weight is 373 g/mol. The molecule has 1 saturated heterocycles. The highest BCUT2D eigenvalue weighted by Crippen LogP contribution is 2.25. The van der Waals surface area contributed by atoms with Crippen LogP contribution in [0.4, 0.5) is 0 Å². The molecule has 0 aromatic carbocycles. The molecule has 0 spiro atoms. The number of hydrogen-bond donors (Lipinski definition) is 2. The molecular weight excluding hydrogens is 342 g/mol. The van der Waals surface area contributed by atoms with Crippen LogP contribution in [0.2, 0.25) is 0 Å². The largest absolute Gasteiger partial charge is 0.381 e. The van der Waals surface area contributed by atoms with E-state index in [2.05, 4.69) is 15.6 Å². The Morgan fingerprint density at radius 2 is 2.04 bits per heavy atom. The fraction of sp³-hybridized carbons (Fsp3) is 0.667. The van der Waals surface area contributed by atoms with Crippen LogP contribution in [0.3, 0.4) is 0 Å². The predicted molar refractivity (Wildman–Crippen MR) is 103 cm³/mol. The Morgan fingerprint density at radius 1 is 1.19 bits per heavy atom. The Bertz CT molecular complexity index is 602. The van der Waals surface area contributed by atoms with E-state index in [0.29, 0.717) is 38.5 Å². The van der Waals surface area contributed by atoms with Crippen LogP contribution >= 0.6 is 0 Å². The predicted octanol–water partition coefficient (Wildman–Crippen LogP) is 2.23. The van der Waals surface area contributed by atoms with Crippen LogP contribution in [0.25, 0.3) is 0 Å². The zero-order valence-corrected chi connectivity index (χ0v) is 16.0. The smallest absolute Gasteiger partial charge is 0.223 e. The van der Waals surface area contributed by atoms with Gasteiger partial charge in [-0.3, -0.25) is 14.6 Å². The first kappa shape index (κ1) is 19.8. The lowest BCUT2D eigenvalue weighted by molar-refractivity contribution is -0.129. The first-order chi connectivity index (χ1) is 13.2. The van der Waals surface area contributed by atoms with Gasteiger partial charge in [-0.25, -0.2) is 0 Å². The van der Waals surface area contributed by atoms with Crippen LogP contribution in [-0.2, 0) is 20.7 Å². The summed E-state index contributed by atoms with van der Waals surface area (Å²) in [7, 11) is 0. The third kappa shape index (κ3) is 6.61. The standard InChI is InChI=1S/C21H31N3O3/c25-20(7-6-16-4-2-10-22-14-16)23-15-17-3-1-5-19(13-17)24-21(26)18-8-11-27-12-9-18/h2,4,10,14,17-19H,1,3,5-9,11-13,15H2,(H,23,25)(H,24,26)/t17-,19+/m1/s1. The molecule has 2 aliphatic rings. The summed E-state index contributed by atoms with van der Waals surface area (Å²) in [4.78, 5) is 28.6. The van der Waals surface area contributed by atoms with Gasteiger partial charge < -0.3 is 15.4 Å². The second-order valence-electron chi connectivity index (χ2n) is 7.79. The number of aryl methyl sites for hydroxylation is 1. The molecule has 1 saturated carbocycles. The molecule has 2 N–H and O–H groups in total. The number of rotatable bonds is 7. The van der Waals surface area contributed by atoms with Crippen molar-refractivity contribution in [2.24, 2.45) is 11.8 Å². The number of carbonyl (C=O) groups is 2. The van der Waals surface area contributed by atoms with Crippen LogP contribution < -0.4 is 10.6 Å². The van der Waals surface area contributed by atoms with Crippen molar-refractivity contribution >= 4 is 11.8 Å². The third-order valence-electron chi connectivity index (χ3n) is 5.67. The number of carbonyl (C=O) groups excluding carboxylic acids is 2. The molecule has 2 amide bonds. The van der Waals surface area contributed by atoms with Crippen molar-refractivity contribution in [1.82, 2.24) is 15.6 Å². The molecule has 6 heteroatoms. The summed E-state index contributed by atoms with van der Waals surface area (Å²) < 4.78 is 5.34. The molecule has 3 rings (SSSR count). The zero-order chi connectivity index (χ0) is 18.9. The molecule has 0 bridgehead atoms. The minimum absolute atomic E-state index is 0.0900. The quantitative estimate of drug-likeness (QED) is 0.768. The molecule has 1 aromatic heterocycles. The Hall–Kier alpha value is -1.95. The molecule has 1 aromatic rings. The van der Waals surface area contributed by atoms with Gasteiger partial charge in [0.05, 0.1) is 0 Å². The molecule has 2 atom stereocenters. The van der Waals surface area contributed by atoms with E-state index in [1.54, 1.807) is 12.4 Å².